The van der Waals surface area contributed by atoms with Crippen LogP contribution in [-0.2, 0) is 18.3 Å². The van der Waals surface area contributed by atoms with Gasteiger partial charge in [0.1, 0.15) is 30.4 Å². The van der Waals surface area contributed by atoms with Crippen LogP contribution in [0.1, 0.15) is 11.5 Å². The van der Waals surface area contributed by atoms with Gasteiger partial charge in [-0.2, -0.15) is 4.98 Å². The van der Waals surface area contributed by atoms with Crippen molar-refractivity contribution in [2.75, 3.05) is 76.7 Å². The van der Waals surface area contributed by atoms with Gasteiger partial charge in [-0.25, -0.2) is 19.4 Å². The quantitative estimate of drug-likeness (QED) is 0.290. The van der Waals surface area contributed by atoms with Crippen molar-refractivity contribution in [2.45, 2.75) is 6.54 Å². The first kappa shape index (κ1) is 26.2. The van der Waals surface area contributed by atoms with E-state index in [1.54, 1.807) is 29.7 Å². The summed E-state index contributed by atoms with van der Waals surface area (Å²) in [5, 5.41) is 1.86. The predicted molar refractivity (Wildman–Crippen MR) is 152 cm³/mol. The second-order valence-corrected chi connectivity index (χ2v) is 9.79. The van der Waals surface area contributed by atoms with E-state index in [1.165, 1.54) is 5.69 Å². The van der Waals surface area contributed by atoms with Crippen molar-refractivity contribution in [3.05, 3.63) is 64.6 Å². The molecule has 0 saturated carbocycles. The average Bonchev–Trinajstić information content (AvgIpc) is 3.71. The van der Waals surface area contributed by atoms with Crippen molar-refractivity contribution in [1.82, 2.24) is 29.1 Å². The molecule has 0 amide bonds. The van der Waals surface area contributed by atoms with Gasteiger partial charge in [0.15, 0.2) is 11.6 Å². The zero-order chi connectivity index (χ0) is 27.6. The molecule has 40 heavy (non-hydrogen) atoms. The Kier molecular flexibility index (Phi) is 7.32. The molecule has 0 bridgehead atoms. The van der Waals surface area contributed by atoms with Gasteiger partial charge in [-0.05, 0) is 36.4 Å². The molecular formula is C27H35N9O4. The summed E-state index contributed by atoms with van der Waals surface area (Å²) < 4.78 is 21.6. The molecule has 0 radical (unpaired) electrons. The zero-order valence-electron chi connectivity index (χ0n) is 23.1. The maximum Gasteiger partial charge on any atom is 0.345 e. The Bertz CT molecular complexity index is 1530. The van der Waals surface area contributed by atoms with Crippen LogP contribution in [0.4, 0.5) is 11.5 Å². The monoisotopic (exact) mass is 549 g/mol. The molecule has 5 heterocycles. The number of piperazine rings is 1. The molecule has 13 nitrogen and oxygen atoms in total. The van der Waals surface area contributed by atoms with E-state index in [0.717, 1.165) is 44.2 Å². The van der Waals surface area contributed by atoms with Crippen molar-refractivity contribution in [3.8, 4) is 5.75 Å². The van der Waals surface area contributed by atoms with Crippen molar-refractivity contribution in [3.63, 3.8) is 0 Å². The van der Waals surface area contributed by atoms with E-state index in [1.807, 2.05) is 40.8 Å². The third kappa shape index (κ3) is 4.76. The Labute approximate surface area is 231 Å². The molecule has 0 aliphatic carbocycles. The second kappa shape index (κ2) is 11.2. The molecule has 0 unspecified atom stereocenters. The standard InChI is InChI=1S/C27H35N9O4/c1-28-35-19-29-23(22-5-4-16-40-22)24-25(35)30-26-34(27(37)31(2)36(24)26)15-12-32-10-13-33(14-11-32)20-6-8-21(9-7-20)39-18-17-38-3/h4-9,16,28H,10-15,17-19H2,1-3H3. The molecule has 13 heteroatoms. The highest BCUT2D eigenvalue weighted by atomic mass is 16.5. The number of fused-ring (bicyclic) bond motifs is 3. The fourth-order valence-corrected chi connectivity index (χ4v) is 5.32. The highest BCUT2D eigenvalue weighted by molar-refractivity contribution is 6.14. The van der Waals surface area contributed by atoms with Crippen LogP contribution < -0.4 is 25.8 Å². The van der Waals surface area contributed by atoms with E-state index in [-0.39, 0.29) is 5.69 Å². The van der Waals surface area contributed by atoms with Gasteiger partial charge in [-0.15, -0.1) is 0 Å². The lowest BCUT2D eigenvalue weighted by molar-refractivity contribution is 0.146. The Hall–Kier alpha value is -4.07. The lowest BCUT2D eigenvalue weighted by Crippen LogP contribution is -2.47. The topological polar surface area (TPSA) is 110 Å². The van der Waals surface area contributed by atoms with Crippen LogP contribution in [0.25, 0.3) is 5.78 Å². The van der Waals surface area contributed by atoms with Crippen LogP contribution >= 0.6 is 0 Å². The third-order valence-electron chi connectivity index (χ3n) is 7.51. The molecule has 2 aliphatic heterocycles. The summed E-state index contributed by atoms with van der Waals surface area (Å²) in [6.45, 7) is 6.46. The van der Waals surface area contributed by atoms with E-state index >= 15 is 0 Å². The summed E-state index contributed by atoms with van der Waals surface area (Å²) in [4.78, 5) is 27.7. The number of aryl methyl sites for hydroxylation is 1. The molecule has 0 spiro atoms. The average molecular weight is 550 g/mol. The normalized spacial score (nSPS) is 16.0. The fraction of sp³-hybridized carbons (Fsp3) is 0.444. The number of hydrazine groups is 1. The minimum absolute atomic E-state index is 0.114. The lowest BCUT2D eigenvalue weighted by atomic mass is 10.2. The third-order valence-corrected chi connectivity index (χ3v) is 7.51. The Balaban J connectivity index is 1.15. The van der Waals surface area contributed by atoms with Crippen molar-refractivity contribution in [1.29, 1.82) is 0 Å². The summed E-state index contributed by atoms with van der Waals surface area (Å²) in [7, 11) is 5.26. The Morgan fingerprint density at radius 3 is 2.55 bits per heavy atom. The minimum atomic E-state index is -0.114. The van der Waals surface area contributed by atoms with Crippen molar-refractivity contribution >= 4 is 23.0 Å². The summed E-state index contributed by atoms with van der Waals surface area (Å²) >= 11 is 0. The van der Waals surface area contributed by atoms with Gasteiger partial charge in [0.2, 0.25) is 5.78 Å². The Morgan fingerprint density at radius 2 is 1.85 bits per heavy atom. The number of benzene rings is 1. The number of methoxy groups -OCH3 is 1. The number of hydrogen-bond donors (Lipinski definition) is 1. The van der Waals surface area contributed by atoms with Crippen LogP contribution in [-0.4, -0.2) is 96.1 Å². The van der Waals surface area contributed by atoms with Gasteiger partial charge in [0, 0.05) is 66.2 Å². The molecule has 4 aromatic rings. The largest absolute Gasteiger partial charge is 0.491 e. The number of anilines is 2. The molecule has 1 N–H and O–H groups in total. The zero-order valence-corrected chi connectivity index (χ0v) is 23.1. The van der Waals surface area contributed by atoms with Crippen LogP contribution in [0, 0.1) is 0 Å². The van der Waals surface area contributed by atoms with Crippen LogP contribution in [0.3, 0.4) is 0 Å². The molecule has 1 aromatic carbocycles. The van der Waals surface area contributed by atoms with Crippen molar-refractivity contribution < 1.29 is 13.9 Å². The van der Waals surface area contributed by atoms with E-state index < -0.39 is 0 Å². The highest BCUT2D eigenvalue weighted by Gasteiger charge is 2.32. The second-order valence-electron chi connectivity index (χ2n) is 9.79. The number of aliphatic imine (C=N–C) groups is 1. The molecule has 2 aliphatic rings. The van der Waals surface area contributed by atoms with E-state index in [0.29, 0.717) is 49.5 Å². The number of hydrogen-bond acceptors (Lipinski definition) is 10. The van der Waals surface area contributed by atoms with Crippen molar-refractivity contribution in [2.24, 2.45) is 12.0 Å². The summed E-state index contributed by atoms with van der Waals surface area (Å²) in [6, 6.07) is 11.9. The van der Waals surface area contributed by atoms with Crippen LogP contribution in [0.15, 0.2) is 56.9 Å². The highest BCUT2D eigenvalue weighted by Crippen LogP contribution is 2.27. The minimum Gasteiger partial charge on any atom is -0.491 e. The Morgan fingerprint density at radius 1 is 1.05 bits per heavy atom. The number of nitrogens with zero attached hydrogens (tertiary/aromatic N) is 8. The SMILES string of the molecule is CNN1CN=C(c2ccco2)c2c1nc1n(CCN3CCN(c4ccc(OCCOC)cc4)CC3)c(=O)n(C)n21. The molecule has 1 saturated heterocycles. The summed E-state index contributed by atoms with van der Waals surface area (Å²) in [5.41, 5.74) is 5.62. The van der Waals surface area contributed by atoms with Gasteiger partial charge in [0.25, 0.3) is 0 Å². The lowest BCUT2D eigenvalue weighted by Gasteiger charge is -2.36. The number of rotatable bonds is 10. The first-order valence-electron chi connectivity index (χ1n) is 13.5. The van der Waals surface area contributed by atoms with Gasteiger partial charge in [-0.1, -0.05) is 0 Å². The predicted octanol–water partition coefficient (Wildman–Crippen LogP) is 1.02. The smallest absolute Gasteiger partial charge is 0.345 e. The van der Waals surface area contributed by atoms with Gasteiger partial charge in [-0.3, -0.25) is 19.5 Å². The molecule has 0 atom stereocenters. The van der Waals surface area contributed by atoms with Gasteiger partial charge in [0.05, 0.1) is 12.9 Å². The number of imidazole rings is 1. The van der Waals surface area contributed by atoms with Gasteiger partial charge < -0.3 is 18.8 Å². The van der Waals surface area contributed by atoms with Crippen LogP contribution in [0.2, 0.25) is 0 Å². The maximum atomic E-state index is 13.3. The first-order valence-corrected chi connectivity index (χ1v) is 13.5. The van der Waals surface area contributed by atoms with E-state index in [2.05, 4.69) is 27.4 Å². The number of furan rings is 1. The number of nitrogens with one attached hydrogen (secondary N) is 1. The summed E-state index contributed by atoms with van der Waals surface area (Å²) in [6.07, 6.45) is 1.62. The molecular weight excluding hydrogens is 514 g/mol. The molecule has 1 fully saturated rings. The molecule has 3 aromatic heterocycles. The van der Waals surface area contributed by atoms with Crippen LogP contribution in [0.5, 0.6) is 5.75 Å². The van der Waals surface area contributed by atoms with E-state index in [9.17, 15) is 4.79 Å². The number of aromatic nitrogens is 4. The maximum absolute atomic E-state index is 13.3. The van der Waals surface area contributed by atoms with E-state index in [4.69, 9.17) is 23.9 Å². The first-order chi connectivity index (χ1) is 19.6. The molecule has 212 valence electrons. The fourth-order valence-electron chi connectivity index (χ4n) is 5.32. The number of ether oxygens (including phenoxy) is 2. The molecule has 6 rings (SSSR count). The summed E-state index contributed by atoms with van der Waals surface area (Å²) in [5.74, 6) is 2.79. The van der Waals surface area contributed by atoms with Gasteiger partial charge >= 0.3 is 5.69 Å².